The Morgan fingerprint density at radius 3 is 2.92 bits per heavy atom. The van der Waals surface area contributed by atoms with Crippen LogP contribution in [0.4, 0.5) is 0 Å². The Labute approximate surface area is 79.8 Å². The quantitative estimate of drug-likeness (QED) is 0.694. The van der Waals surface area contributed by atoms with Crippen molar-refractivity contribution < 1.29 is 9.53 Å². The van der Waals surface area contributed by atoms with E-state index in [1.165, 1.54) is 0 Å². The van der Waals surface area contributed by atoms with Crippen LogP contribution in [-0.4, -0.2) is 31.6 Å². The van der Waals surface area contributed by atoms with E-state index in [0.29, 0.717) is 12.3 Å². The van der Waals surface area contributed by atoms with Crippen molar-refractivity contribution in [2.45, 2.75) is 32.8 Å². The minimum absolute atomic E-state index is 0.158. The second-order valence-electron chi connectivity index (χ2n) is 3.96. The summed E-state index contributed by atoms with van der Waals surface area (Å²) in [5.41, 5.74) is 0. The molecule has 13 heavy (non-hydrogen) atoms. The molecule has 3 heteroatoms. The molecule has 76 valence electrons. The lowest BCUT2D eigenvalue weighted by Gasteiger charge is -2.09. The Bertz CT molecular complexity index is 162. The predicted molar refractivity (Wildman–Crippen MR) is 51.7 cm³/mol. The lowest BCUT2D eigenvalue weighted by Crippen LogP contribution is -2.18. The molecule has 1 atom stereocenters. The molecule has 1 rings (SSSR count). The summed E-state index contributed by atoms with van der Waals surface area (Å²) in [6.45, 7) is 6.24. The molecule has 1 unspecified atom stereocenters. The maximum absolute atomic E-state index is 11.4. The minimum atomic E-state index is 0.158. The van der Waals surface area contributed by atoms with Gasteiger partial charge in [0.25, 0.3) is 0 Å². The molecule has 1 fully saturated rings. The van der Waals surface area contributed by atoms with Crippen molar-refractivity contribution in [3.63, 3.8) is 0 Å². The molecule has 1 saturated heterocycles. The van der Waals surface area contributed by atoms with E-state index >= 15 is 0 Å². The molecule has 0 aromatic carbocycles. The van der Waals surface area contributed by atoms with E-state index in [-0.39, 0.29) is 18.5 Å². The van der Waals surface area contributed by atoms with Crippen LogP contribution in [0.3, 0.4) is 0 Å². The SMILES string of the molecule is CC(C)OCC(=O)CC1CCNC1. The van der Waals surface area contributed by atoms with Crippen molar-refractivity contribution in [2.75, 3.05) is 19.7 Å². The van der Waals surface area contributed by atoms with Crippen molar-refractivity contribution >= 4 is 5.78 Å². The molecular weight excluding hydrogens is 166 g/mol. The summed E-state index contributed by atoms with van der Waals surface area (Å²) in [6, 6.07) is 0. The van der Waals surface area contributed by atoms with Crippen LogP contribution in [0, 0.1) is 5.92 Å². The van der Waals surface area contributed by atoms with Gasteiger partial charge in [-0.25, -0.2) is 0 Å². The van der Waals surface area contributed by atoms with Gasteiger partial charge in [0.1, 0.15) is 6.61 Å². The van der Waals surface area contributed by atoms with Crippen molar-refractivity contribution in [2.24, 2.45) is 5.92 Å². The first-order valence-corrected chi connectivity index (χ1v) is 5.02. The molecule has 1 aliphatic rings. The fourth-order valence-electron chi connectivity index (χ4n) is 1.53. The normalized spacial score (nSPS) is 22.5. The summed E-state index contributed by atoms with van der Waals surface area (Å²) in [7, 11) is 0. The van der Waals surface area contributed by atoms with Crippen LogP contribution in [0.2, 0.25) is 0 Å². The maximum Gasteiger partial charge on any atom is 0.158 e. The van der Waals surface area contributed by atoms with Crippen LogP contribution in [0.1, 0.15) is 26.7 Å². The molecule has 0 radical (unpaired) electrons. The van der Waals surface area contributed by atoms with Gasteiger partial charge in [0.2, 0.25) is 0 Å². The summed E-state index contributed by atoms with van der Waals surface area (Å²) in [4.78, 5) is 11.4. The Balaban J connectivity index is 2.09. The van der Waals surface area contributed by atoms with Crippen molar-refractivity contribution in [1.82, 2.24) is 5.32 Å². The Kier molecular flexibility index (Phi) is 4.39. The van der Waals surface area contributed by atoms with E-state index < -0.39 is 0 Å². The molecule has 1 heterocycles. The zero-order valence-electron chi connectivity index (χ0n) is 8.51. The molecular formula is C10H19NO2. The second kappa shape index (κ2) is 5.35. The predicted octanol–water partition coefficient (Wildman–Crippen LogP) is 0.980. The fraction of sp³-hybridized carbons (Fsp3) is 0.900. The average Bonchev–Trinajstić information content (AvgIpc) is 2.53. The molecule has 0 amide bonds. The highest BCUT2D eigenvalue weighted by molar-refractivity contribution is 5.79. The molecule has 0 saturated carbocycles. The number of hydrogen-bond donors (Lipinski definition) is 1. The van der Waals surface area contributed by atoms with Gasteiger partial charge < -0.3 is 10.1 Å². The smallest absolute Gasteiger partial charge is 0.158 e. The summed E-state index contributed by atoms with van der Waals surface area (Å²) < 4.78 is 5.24. The van der Waals surface area contributed by atoms with Crippen LogP contribution in [0.15, 0.2) is 0 Å². The first kappa shape index (κ1) is 10.7. The van der Waals surface area contributed by atoms with Gasteiger partial charge in [-0.15, -0.1) is 0 Å². The number of Topliss-reactive ketones (excluding diaryl/α,β-unsaturated/α-hetero) is 1. The van der Waals surface area contributed by atoms with Gasteiger partial charge in [-0.3, -0.25) is 4.79 Å². The number of hydrogen-bond acceptors (Lipinski definition) is 3. The number of ether oxygens (including phenoxy) is 1. The summed E-state index contributed by atoms with van der Waals surface area (Å²) in [5.74, 6) is 0.783. The Morgan fingerprint density at radius 1 is 1.62 bits per heavy atom. The third-order valence-electron chi connectivity index (χ3n) is 2.26. The number of carbonyl (C=O) groups excluding carboxylic acids is 1. The molecule has 0 aromatic heterocycles. The average molecular weight is 185 g/mol. The van der Waals surface area contributed by atoms with E-state index in [2.05, 4.69) is 5.32 Å². The number of carbonyl (C=O) groups is 1. The van der Waals surface area contributed by atoms with E-state index in [9.17, 15) is 4.79 Å². The van der Waals surface area contributed by atoms with Crippen molar-refractivity contribution in [3.8, 4) is 0 Å². The Morgan fingerprint density at radius 2 is 2.38 bits per heavy atom. The molecule has 0 aliphatic carbocycles. The zero-order chi connectivity index (χ0) is 9.68. The summed E-state index contributed by atoms with van der Waals surface area (Å²) in [6.07, 6.45) is 1.97. The lowest BCUT2D eigenvalue weighted by atomic mass is 10.0. The fourth-order valence-corrected chi connectivity index (χ4v) is 1.53. The summed E-state index contributed by atoms with van der Waals surface area (Å²) >= 11 is 0. The first-order chi connectivity index (χ1) is 6.18. The van der Waals surface area contributed by atoms with E-state index in [4.69, 9.17) is 4.74 Å². The van der Waals surface area contributed by atoms with Gasteiger partial charge in [-0.2, -0.15) is 0 Å². The monoisotopic (exact) mass is 185 g/mol. The van der Waals surface area contributed by atoms with Crippen LogP contribution in [-0.2, 0) is 9.53 Å². The van der Waals surface area contributed by atoms with Crippen molar-refractivity contribution in [3.05, 3.63) is 0 Å². The van der Waals surface area contributed by atoms with Crippen LogP contribution in [0.25, 0.3) is 0 Å². The van der Waals surface area contributed by atoms with Crippen LogP contribution in [0.5, 0.6) is 0 Å². The van der Waals surface area contributed by atoms with Gasteiger partial charge in [0, 0.05) is 6.42 Å². The number of ketones is 1. The van der Waals surface area contributed by atoms with Crippen LogP contribution < -0.4 is 5.32 Å². The molecule has 1 N–H and O–H groups in total. The first-order valence-electron chi connectivity index (χ1n) is 5.02. The second-order valence-corrected chi connectivity index (χ2v) is 3.96. The third-order valence-corrected chi connectivity index (χ3v) is 2.26. The minimum Gasteiger partial charge on any atom is -0.371 e. The van der Waals surface area contributed by atoms with Gasteiger partial charge in [-0.1, -0.05) is 0 Å². The lowest BCUT2D eigenvalue weighted by molar-refractivity contribution is -0.125. The summed E-state index contributed by atoms with van der Waals surface area (Å²) in [5, 5.41) is 3.25. The maximum atomic E-state index is 11.4. The topological polar surface area (TPSA) is 38.3 Å². The van der Waals surface area contributed by atoms with E-state index in [0.717, 1.165) is 19.5 Å². The highest BCUT2D eigenvalue weighted by Crippen LogP contribution is 2.12. The van der Waals surface area contributed by atoms with E-state index in [1.54, 1.807) is 0 Å². The highest BCUT2D eigenvalue weighted by Gasteiger charge is 2.17. The van der Waals surface area contributed by atoms with Gasteiger partial charge in [-0.05, 0) is 39.3 Å². The molecule has 0 aromatic rings. The van der Waals surface area contributed by atoms with Gasteiger partial charge in [0.05, 0.1) is 6.10 Å². The number of nitrogens with one attached hydrogen (secondary N) is 1. The van der Waals surface area contributed by atoms with Gasteiger partial charge >= 0.3 is 0 Å². The highest BCUT2D eigenvalue weighted by atomic mass is 16.5. The molecule has 0 bridgehead atoms. The zero-order valence-corrected chi connectivity index (χ0v) is 8.51. The van der Waals surface area contributed by atoms with E-state index in [1.807, 2.05) is 13.8 Å². The van der Waals surface area contributed by atoms with Gasteiger partial charge in [0.15, 0.2) is 5.78 Å². The third kappa shape index (κ3) is 4.39. The number of rotatable bonds is 5. The largest absolute Gasteiger partial charge is 0.371 e. The van der Waals surface area contributed by atoms with Crippen LogP contribution >= 0.6 is 0 Å². The standard InChI is InChI=1S/C10H19NO2/c1-8(2)13-7-10(12)5-9-3-4-11-6-9/h8-9,11H,3-7H2,1-2H3. The van der Waals surface area contributed by atoms with Crippen molar-refractivity contribution in [1.29, 1.82) is 0 Å². The molecule has 3 nitrogen and oxygen atoms in total. The Hall–Kier alpha value is -0.410. The molecule has 1 aliphatic heterocycles. The molecule has 0 spiro atoms.